The molecule has 7 heteroatoms. The lowest BCUT2D eigenvalue weighted by atomic mass is 10.2. The van der Waals surface area contributed by atoms with Crippen LogP contribution < -0.4 is 0 Å². The predicted molar refractivity (Wildman–Crippen MR) is 68.4 cm³/mol. The van der Waals surface area contributed by atoms with E-state index in [2.05, 4.69) is 0 Å². The molecule has 2 heterocycles. The van der Waals surface area contributed by atoms with Crippen molar-refractivity contribution in [1.29, 1.82) is 0 Å². The molecule has 2 aliphatic rings. The first-order chi connectivity index (χ1) is 9.15. The molecule has 3 rings (SSSR count). The number of amides is 1. The third kappa shape index (κ3) is 2.36. The minimum absolute atomic E-state index is 0.128. The second kappa shape index (κ2) is 4.92. The van der Waals surface area contributed by atoms with Gasteiger partial charge >= 0.3 is 6.09 Å². The zero-order valence-corrected chi connectivity index (χ0v) is 11.0. The molecule has 0 saturated carbocycles. The molecule has 3 unspecified atom stereocenters. The summed E-state index contributed by atoms with van der Waals surface area (Å²) in [6, 6.07) is 9.54. The average Bonchev–Trinajstić information content (AvgIpc) is 2.91. The molecular formula is C12H14N2O4S. The number of carbonyl (C=O) groups is 1. The van der Waals surface area contributed by atoms with Crippen LogP contribution in [0.5, 0.6) is 0 Å². The van der Waals surface area contributed by atoms with E-state index in [0.717, 1.165) is 5.56 Å². The number of hydrogen-bond donors (Lipinski definition) is 1. The Labute approximate surface area is 113 Å². The summed E-state index contributed by atoms with van der Waals surface area (Å²) in [5.41, 5.74) is 1.04. The van der Waals surface area contributed by atoms with Crippen molar-refractivity contribution in [1.82, 2.24) is 9.21 Å². The van der Waals surface area contributed by atoms with Crippen molar-refractivity contribution in [2.45, 2.75) is 18.7 Å². The number of hydrogen-bond acceptors (Lipinski definition) is 3. The van der Waals surface area contributed by atoms with Crippen LogP contribution in [-0.4, -0.2) is 49.8 Å². The second-order valence-corrected chi connectivity index (χ2v) is 5.76. The molecule has 2 saturated heterocycles. The minimum atomic E-state index is -1.48. The monoisotopic (exact) mass is 282 g/mol. The Kier molecular flexibility index (Phi) is 3.26. The van der Waals surface area contributed by atoms with Crippen molar-refractivity contribution < 1.29 is 18.3 Å². The van der Waals surface area contributed by atoms with Gasteiger partial charge < -0.3 is 10.0 Å². The second-order valence-electron chi connectivity index (χ2n) is 4.67. The van der Waals surface area contributed by atoms with E-state index >= 15 is 0 Å². The highest BCUT2D eigenvalue weighted by Crippen LogP contribution is 2.30. The van der Waals surface area contributed by atoms with E-state index < -0.39 is 17.4 Å². The van der Waals surface area contributed by atoms with Crippen molar-refractivity contribution in [2.75, 3.05) is 13.1 Å². The van der Waals surface area contributed by atoms with Crippen LogP contribution in [0.3, 0.4) is 0 Å². The van der Waals surface area contributed by atoms with Crippen molar-refractivity contribution in [3.8, 4) is 0 Å². The van der Waals surface area contributed by atoms with Gasteiger partial charge in [0.1, 0.15) is 6.10 Å². The zero-order valence-electron chi connectivity index (χ0n) is 10.1. The molecule has 0 radical (unpaired) electrons. The van der Waals surface area contributed by atoms with E-state index in [-0.39, 0.29) is 18.7 Å². The van der Waals surface area contributed by atoms with Gasteiger partial charge in [-0.15, -0.1) is 0 Å². The summed E-state index contributed by atoms with van der Waals surface area (Å²) in [5.74, 6) is 0. The van der Waals surface area contributed by atoms with Crippen LogP contribution in [0.25, 0.3) is 0 Å². The van der Waals surface area contributed by atoms with Gasteiger partial charge in [-0.2, -0.15) is 4.31 Å². The summed E-state index contributed by atoms with van der Waals surface area (Å²) in [5, 5.41) is 8.99. The number of nitrogens with zero attached hydrogens (tertiary/aromatic N) is 2. The van der Waals surface area contributed by atoms with Crippen LogP contribution >= 0.6 is 0 Å². The van der Waals surface area contributed by atoms with Gasteiger partial charge in [0.05, 0.1) is 12.6 Å². The SMILES string of the molecule is O=C(O)N1CC2OS(=O)N(Cc3ccccc3)C2C1. The molecule has 0 aliphatic carbocycles. The summed E-state index contributed by atoms with van der Waals surface area (Å²) in [6.45, 7) is 1.14. The molecule has 6 nitrogen and oxygen atoms in total. The molecule has 2 fully saturated rings. The molecule has 0 spiro atoms. The molecule has 1 aromatic carbocycles. The fourth-order valence-electron chi connectivity index (χ4n) is 2.49. The lowest BCUT2D eigenvalue weighted by Gasteiger charge is -2.20. The lowest BCUT2D eigenvalue weighted by Crippen LogP contribution is -2.36. The Morgan fingerprint density at radius 1 is 1.37 bits per heavy atom. The fourth-order valence-corrected chi connectivity index (χ4v) is 3.68. The van der Waals surface area contributed by atoms with E-state index in [4.69, 9.17) is 9.29 Å². The number of benzene rings is 1. The third-order valence-corrected chi connectivity index (χ3v) is 4.65. The molecule has 1 amide bonds. The Morgan fingerprint density at radius 2 is 2.11 bits per heavy atom. The van der Waals surface area contributed by atoms with Gasteiger partial charge in [0.15, 0.2) is 0 Å². The van der Waals surface area contributed by atoms with E-state index in [1.165, 1.54) is 4.90 Å². The Bertz CT molecular complexity index is 510. The van der Waals surface area contributed by atoms with Crippen LogP contribution in [0.1, 0.15) is 5.56 Å². The van der Waals surface area contributed by atoms with Gasteiger partial charge in [0.2, 0.25) is 11.3 Å². The zero-order chi connectivity index (χ0) is 13.4. The molecule has 0 aromatic heterocycles. The van der Waals surface area contributed by atoms with Gasteiger partial charge in [-0.05, 0) is 5.56 Å². The highest BCUT2D eigenvalue weighted by atomic mass is 32.2. The van der Waals surface area contributed by atoms with E-state index in [0.29, 0.717) is 13.1 Å². The number of carboxylic acid groups (broad SMARTS) is 1. The summed E-state index contributed by atoms with van der Waals surface area (Å²) < 4.78 is 19.0. The highest BCUT2D eigenvalue weighted by molar-refractivity contribution is 7.78. The molecular weight excluding hydrogens is 268 g/mol. The van der Waals surface area contributed by atoms with Gasteiger partial charge in [0.25, 0.3) is 0 Å². The quantitative estimate of drug-likeness (QED) is 0.872. The van der Waals surface area contributed by atoms with Gasteiger partial charge in [-0.1, -0.05) is 30.3 Å². The normalized spacial score (nSPS) is 30.5. The Balaban J connectivity index is 1.74. The van der Waals surface area contributed by atoms with Crippen LogP contribution in [0, 0.1) is 0 Å². The lowest BCUT2D eigenvalue weighted by molar-refractivity contribution is 0.147. The maximum Gasteiger partial charge on any atom is 0.407 e. The minimum Gasteiger partial charge on any atom is -0.465 e. The van der Waals surface area contributed by atoms with Crippen molar-refractivity contribution in [3.05, 3.63) is 35.9 Å². The number of likely N-dealkylation sites (tertiary alicyclic amines) is 1. The summed E-state index contributed by atoms with van der Waals surface area (Å²) in [6.07, 6.45) is -1.25. The van der Waals surface area contributed by atoms with E-state index in [1.807, 2.05) is 30.3 Å². The fraction of sp³-hybridized carbons (Fsp3) is 0.417. The van der Waals surface area contributed by atoms with Crippen LogP contribution in [0.2, 0.25) is 0 Å². The first-order valence-electron chi connectivity index (χ1n) is 6.02. The Hall–Kier alpha value is -1.44. The van der Waals surface area contributed by atoms with Gasteiger partial charge in [-0.3, -0.25) is 4.18 Å². The molecule has 3 atom stereocenters. The molecule has 102 valence electrons. The van der Waals surface area contributed by atoms with Crippen LogP contribution in [-0.2, 0) is 22.0 Å². The molecule has 2 aliphatic heterocycles. The number of fused-ring (bicyclic) bond motifs is 1. The highest BCUT2D eigenvalue weighted by Gasteiger charge is 2.48. The summed E-state index contributed by atoms with van der Waals surface area (Å²) in [4.78, 5) is 12.3. The topological polar surface area (TPSA) is 70.1 Å². The first-order valence-corrected chi connectivity index (χ1v) is 7.06. The predicted octanol–water partition coefficient (Wildman–Crippen LogP) is 0.828. The Morgan fingerprint density at radius 3 is 2.79 bits per heavy atom. The van der Waals surface area contributed by atoms with E-state index in [1.54, 1.807) is 4.31 Å². The maximum atomic E-state index is 11.9. The smallest absolute Gasteiger partial charge is 0.407 e. The van der Waals surface area contributed by atoms with Crippen molar-refractivity contribution in [2.24, 2.45) is 0 Å². The first kappa shape index (κ1) is 12.6. The largest absolute Gasteiger partial charge is 0.465 e. The van der Waals surface area contributed by atoms with Gasteiger partial charge in [0, 0.05) is 13.1 Å². The third-order valence-electron chi connectivity index (χ3n) is 3.46. The molecule has 1 aromatic rings. The molecule has 1 N–H and O–H groups in total. The standard InChI is InChI=1S/C12H14N2O4S/c15-12(16)13-7-10-11(8-13)18-19(17)14(10)6-9-4-2-1-3-5-9/h1-5,10-11H,6-8H2,(H,15,16). The van der Waals surface area contributed by atoms with E-state index in [9.17, 15) is 9.00 Å². The molecule has 19 heavy (non-hydrogen) atoms. The maximum absolute atomic E-state index is 11.9. The average molecular weight is 282 g/mol. The van der Waals surface area contributed by atoms with Gasteiger partial charge in [-0.25, -0.2) is 9.00 Å². The van der Waals surface area contributed by atoms with Crippen molar-refractivity contribution >= 4 is 17.4 Å². The van der Waals surface area contributed by atoms with Crippen LogP contribution in [0.4, 0.5) is 4.79 Å². The molecule has 0 bridgehead atoms. The van der Waals surface area contributed by atoms with Crippen molar-refractivity contribution in [3.63, 3.8) is 0 Å². The summed E-state index contributed by atoms with van der Waals surface area (Å²) >= 11 is -1.48. The summed E-state index contributed by atoms with van der Waals surface area (Å²) in [7, 11) is 0. The van der Waals surface area contributed by atoms with Crippen LogP contribution in [0.15, 0.2) is 30.3 Å². The number of rotatable bonds is 2.